The van der Waals surface area contributed by atoms with E-state index in [9.17, 15) is 5.11 Å². The molecule has 5 heteroatoms. The van der Waals surface area contributed by atoms with Crippen LogP contribution < -0.4 is 14.4 Å². The van der Waals surface area contributed by atoms with Crippen LogP contribution in [-0.2, 0) is 11.3 Å². The van der Waals surface area contributed by atoms with Crippen molar-refractivity contribution < 1.29 is 24.2 Å². The van der Waals surface area contributed by atoms with Crippen molar-refractivity contribution in [1.29, 1.82) is 0 Å². The molecule has 1 fully saturated rings. The zero-order valence-corrected chi connectivity index (χ0v) is 14.1. The number of rotatable bonds is 6. The van der Waals surface area contributed by atoms with Crippen LogP contribution >= 0.6 is 0 Å². The first-order valence-electron chi connectivity index (χ1n) is 8.58. The Bertz CT molecular complexity index is 512. The molecule has 0 spiro atoms. The molecule has 0 aliphatic carbocycles. The van der Waals surface area contributed by atoms with Gasteiger partial charge in [-0.05, 0) is 24.1 Å². The van der Waals surface area contributed by atoms with Crippen molar-refractivity contribution in [3.8, 4) is 11.5 Å². The van der Waals surface area contributed by atoms with Crippen molar-refractivity contribution in [1.82, 2.24) is 0 Å². The molecule has 1 saturated heterocycles. The highest BCUT2D eigenvalue weighted by atomic mass is 16.7. The van der Waals surface area contributed by atoms with Crippen LogP contribution in [0.1, 0.15) is 25.8 Å². The normalized spacial score (nSPS) is 27.9. The van der Waals surface area contributed by atoms with E-state index in [2.05, 4.69) is 13.8 Å². The zero-order valence-electron chi connectivity index (χ0n) is 14.1. The highest BCUT2D eigenvalue weighted by molar-refractivity contribution is 5.44. The standard InChI is InChI=1S/C18H27NO4/c1-13-5-14(2)8-19(7-13)9-16(20)11-21-10-15-3-4-17-18(6-15)23-12-22-17/h3-4,6,13-14,16,20H,5,7-12H2,1-2H3/p+1/t13-,14+,16-/m0/s1. The molecule has 2 heterocycles. The molecule has 0 aromatic heterocycles. The number of aliphatic hydroxyl groups is 1. The lowest BCUT2D eigenvalue weighted by molar-refractivity contribution is -0.915. The maximum Gasteiger partial charge on any atom is 0.231 e. The molecule has 1 aromatic carbocycles. The van der Waals surface area contributed by atoms with Gasteiger partial charge in [-0.25, -0.2) is 0 Å². The van der Waals surface area contributed by atoms with Crippen LogP contribution in [0.4, 0.5) is 0 Å². The summed E-state index contributed by atoms with van der Waals surface area (Å²) < 4.78 is 16.3. The van der Waals surface area contributed by atoms with Crippen LogP contribution in [-0.4, -0.2) is 44.2 Å². The van der Waals surface area contributed by atoms with E-state index in [4.69, 9.17) is 14.2 Å². The van der Waals surface area contributed by atoms with Gasteiger partial charge in [-0.2, -0.15) is 0 Å². The average molecular weight is 322 g/mol. The molecule has 2 N–H and O–H groups in total. The van der Waals surface area contributed by atoms with Crippen molar-refractivity contribution in [2.45, 2.75) is 33.0 Å². The van der Waals surface area contributed by atoms with Crippen molar-refractivity contribution in [2.24, 2.45) is 11.8 Å². The molecule has 0 bridgehead atoms. The van der Waals surface area contributed by atoms with E-state index in [0.717, 1.165) is 48.5 Å². The molecule has 0 saturated carbocycles. The van der Waals surface area contributed by atoms with Gasteiger partial charge in [-0.1, -0.05) is 19.9 Å². The molecule has 3 rings (SSSR count). The van der Waals surface area contributed by atoms with E-state index >= 15 is 0 Å². The van der Waals surface area contributed by atoms with Gasteiger partial charge in [-0.3, -0.25) is 0 Å². The Morgan fingerprint density at radius 1 is 1.22 bits per heavy atom. The molecule has 1 unspecified atom stereocenters. The summed E-state index contributed by atoms with van der Waals surface area (Å²) in [6.45, 7) is 8.84. The number of quaternary nitrogens is 1. The molecule has 0 amide bonds. The quantitative estimate of drug-likeness (QED) is 0.815. The highest BCUT2D eigenvalue weighted by Gasteiger charge is 2.26. The van der Waals surface area contributed by atoms with Gasteiger partial charge in [0, 0.05) is 11.8 Å². The molecular weight excluding hydrogens is 294 g/mol. The fourth-order valence-electron chi connectivity index (χ4n) is 3.82. The van der Waals surface area contributed by atoms with Gasteiger partial charge < -0.3 is 24.2 Å². The van der Waals surface area contributed by atoms with Gasteiger partial charge >= 0.3 is 0 Å². The minimum absolute atomic E-state index is 0.286. The summed E-state index contributed by atoms with van der Waals surface area (Å²) in [6, 6.07) is 5.81. The summed E-state index contributed by atoms with van der Waals surface area (Å²) in [7, 11) is 0. The Kier molecular flexibility index (Phi) is 5.41. The largest absolute Gasteiger partial charge is 0.454 e. The molecule has 5 nitrogen and oxygen atoms in total. The van der Waals surface area contributed by atoms with Crippen LogP contribution in [0.3, 0.4) is 0 Å². The van der Waals surface area contributed by atoms with Gasteiger partial charge in [0.25, 0.3) is 0 Å². The Hall–Kier alpha value is -1.30. The summed E-state index contributed by atoms with van der Waals surface area (Å²) in [6.07, 6.45) is 0.900. The fourth-order valence-corrected chi connectivity index (χ4v) is 3.82. The van der Waals surface area contributed by atoms with Gasteiger partial charge in [-0.15, -0.1) is 0 Å². The maximum absolute atomic E-state index is 10.2. The third kappa shape index (κ3) is 4.59. The van der Waals surface area contributed by atoms with Crippen molar-refractivity contribution in [2.75, 3.05) is 33.0 Å². The van der Waals surface area contributed by atoms with E-state index in [-0.39, 0.29) is 6.79 Å². The number of ether oxygens (including phenoxy) is 3. The maximum atomic E-state index is 10.2. The lowest BCUT2D eigenvalue weighted by Gasteiger charge is -2.33. The number of likely N-dealkylation sites (tertiary alicyclic amines) is 1. The second kappa shape index (κ2) is 7.51. The molecule has 1 aromatic rings. The molecule has 0 radical (unpaired) electrons. The second-order valence-electron chi connectivity index (χ2n) is 7.16. The summed E-state index contributed by atoms with van der Waals surface area (Å²) in [4.78, 5) is 1.50. The van der Waals surface area contributed by atoms with Gasteiger partial charge in [0.15, 0.2) is 11.5 Å². The molecule has 23 heavy (non-hydrogen) atoms. The van der Waals surface area contributed by atoms with Crippen molar-refractivity contribution >= 4 is 0 Å². The van der Waals surface area contributed by atoms with E-state index in [0.29, 0.717) is 13.2 Å². The molecule has 4 atom stereocenters. The van der Waals surface area contributed by atoms with E-state index < -0.39 is 6.10 Å². The van der Waals surface area contributed by atoms with Gasteiger partial charge in [0.05, 0.1) is 26.3 Å². The van der Waals surface area contributed by atoms with Crippen molar-refractivity contribution in [3.05, 3.63) is 23.8 Å². The lowest BCUT2D eigenvalue weighted by Crippen LogP contribution is -3.15. The lowest BCUT2D eigenvalue weighted by atomic mass is 9.92. The third-order valence-electron chi connectivity index (χ3n) is 4.62. The average Bonchev–Trinajstić information content (AvgIpc) is 2.93. The first-order chi connectivity index (χ1) is 11.1. The second-order valence-corrected chi connectivity index (χ2v) is 7.16. The zero-order chi connectivity index (χ0) is 16.2. The Balaban J connectivity index is 1.40. The van der Waals surface area contributed by atoms with Gasteiger partial charge in [0.2, 0.25) is 6.79 Å². The number of hydrogen-bond donors (Lipinski definition) is 2. The number of fused-ring (bicyclic) bond motifs is 1. The monoisotopic (exact) mass is 322 g/mol. The summed E-state index contributed by atoms with van der Waals surface area (Å²) >= 11 is 0. The topological polar surface area (TPSA) is 52.4 Å². The molecule has 128 valence electrons. The fraction of sp³-hybridized carbons (Fsp3) is 0.667. The van der Waals surface area contributed by atoms with E-state index in [1.54, 1.807) is 0 Å². The highest BCUT2D eigenvalue weighted by Crippen LogP contribution is 2.32. The molecule has 2 aliphatic heterocycles. The van der Waals surface area contributed by atoms with Crippen LogP contribution in [0, 0.1) is 11.8 Å². The Morgan fingerprint density at radius 3 is 2.74 bits per heavy atom. The van der Waals surface area contributed by atoms with E-state index in [1.165, 1.54) is 11.3 Å². The number of nitrogens with one attached hydrogen (secondary N) is 1. The number of aliphatic hydroxyl groups excluding tert-OH is 1. The summed E-state index contributed by atoms with van der Waals surface area (Å²) in [5, 5.41) is 10.2. The van der Waals surface area contributed by atoms with Crippen LogP contribution in [0.15, 0.2) is 18.2 Å². The van der Waals surface area contributed by atoms with Crippen molar-refractivity contribution in [3.63, 3.8) is 0 Å². The SMILES string of the molecule is C[C@@H]1C[C@H](C)C[NH+](C[C@H](O)COCc2ccc3c(c2)OCO3)C1. The first-order valence-corrected chi connectivity index (χ1v) is 8.58. The minimum atomic E-state index is -0.406. The predicted octanol–water partition coefficient (Wildman–Crippen LogP) is 0.854. The number of benzene rings is 1. The minimum Gasteiger partial charge on any atom is -0.454 e. The van der Waals surface area contributed by atoms with E-state index in [1.807, 2.05) is 18.2 Å². The Labute approximate surface area is 138 Å². The predicted molar refractivity (Wildman–Crippen MR) is 86.7 cm³/mol. The smallest absolute Gasteiger partial charge is 0.231 e. The molecular formula is C18H28NO4+. The number of hydrogen-bond acceptors (Lipinski definition) is 4. The molecule has 2 aliphatic rings. The summed E-state index contributed by atoms with van der Waals surface area (Å²) in [5.74, 6) is 3.05. The van der Waals surface area contributed by atoms with Crippen LogP contribution in [0.25, 0.3) is 0 Å². The first kappa shape index (κ1) is 16.6. The van der Waals surface area contributed by atoms with Crippen LogP contribution in [0.5, 0.6) is 11.5 Å². The third-order valence-corrected chi connectivity index (χ3v) is 4.62. The number of piperidine rings is 1. The van der Waals surface area contributed by atoms with Crippen LogP contribution in [0.2, 0.25) is 0 Å². The summed E-state index contributed by atoms with van der Waals surface area (Å²) in [5.41, 5.74) is 1.04. The van der Waals surface area contributed by atoms with Gasteiger partial charge in [0.1, 0.15) is 12.6 Å². The Morgan fingerprint density at radius 2 is 1.96 bits per heavy atom.